The number of thiophene rings is 1. The lowest BCUT2D eigenvalue weighted by molar-refractivity contribution is -0.130. The van der Waals surface area contributed by atoms with Gasteiger partial charge in [-0.15, -0.1) is 11.3 Å². The number of ether oxygens (including phenoxy) is 1. The highest BCUT2D eigenvalue weighted by molar-refractivity contribution is 7.11. The minimum atomic E-state index is -0.0321. The summed E-state index contributed by atoms with van der Waals surface area (Å²) in [6.45, 7) is 5.09. The van der Waals surface area contributed by atoms with Crippen molar-refractivity contribution in [2.45, 2.75) is 45.0 Å². The quantitative estimate of drug-likeness (QED) is 0.891. The lowest BCUT2D eigenvalue weighted by atomic mass is 9.89. The van der Waals surface area contributed by atoms with Gasteiger partial charge in [0, 0.05) is 35.5 Å². The van der Waals surface area contributed by atoms with Crippen molar-refractivity contribution in [1.29, 1.82) is 0 Å². The van der Waals surface area contributed by atoms with Gasteiger partial charge >= 0.3 is 0 Å². The van der Waals surface area contributed by atoms with Crippen LogP contribution in [0.2, 0.25) is 0 Å². The molecular weight excluding hydrogens is 336 g/mol. The number of carbonyl (C=O) groups excluding carboxylic acids is 1. The average Bonchev–Trinajstić information content (AvgIpc) is 3.34. The first-order chi connectivity index (χ1) is 12.2. The maximum atomic E-state index is 12.7. The molecule has 0 saturated carbocycles. The molecule has 4 rings (SSSR count). The predicted molar refractivity (Wildman–Crippen MR) is 96.3 cm³/mol. The molecule has 2 saturated heterocycles. The fraction of sp³-hybridized carbons (Fsp3) is 0.526. The summed E-state index contributed by atoms with van der Waals surface area (Å²) >= 11 is 1.84. The van der Waals surface area contributed by atoms with Crippen molar-refractivity contribution in [3.05, 3.63) is 46.0 Å². The zero-order chi connectivity index (χ0) is 17.2. The zero-order valence-corrected chi connectivity index (χ0v) is 15.3. The Bertz CT molecular complexity index is 712. The van der Waals surface area contributed by atoms with Crippen molar-refractivity contribution in [3.63, 3.8) is 0 Å². The lowest BCUT2D eigenvalue weighted by Crippen LogP contribution is -2.52. The molecule has 5 nitrogen and oxygen atoms in total. The molecule has 2 fully saturated rings. The summed E-state index contributed by atoms with van der Waals surface area (Å²) in [4.78, 5) is 17.8. The van der Waals surface area contributed by atoms with E-state index >= 15 is 0 Å². The van der Waals surface area contributed by atoms with E-state index in [1.807, 2.05) is 23.5 Å². The van der Waals surface area contributed by atoms with Gasteiger partial charge in [-0.3, -0.25) is 9.69 Å². The van der Waals surface area contributed by atoms with Crippen LogP contribution in [-0.2, 0) is 22.6 Å². The molecule has 2 aliphatic rings. The zero-order valence-electron chi connectivity index (χ0n) is 14.4. The third-order valence-corrected chi connectivity index (χ3v) is 6.14. The summed E-state index contributed by atoms with van der Waals surface area (Å²) < 4.78 is 11.2. The molecule has 0 aliphatic carbocycles. The second-order valence-corrected chi connectivity index (χ2v) is 8.31. The van der Waals surface area contributed by atoms with Gasteiger partial charge in [-0.2, -0.15) is 0 Å². The van der Waals surface area contributed by atoms with Crippen LogP contribution in [-0.4, -0.2) is 36.1 Å². The molecule has 2 aromatic heterocycles. The first-order valence-corrected chi connectivity index (χ1v) is 9.72. The highest BCUT2D eigenvalue weighted by Gasteiger charge is 2.42. The van der Waals surface area contributed by atoms with Gasteiger partial charge in [0.25, 0.3) is 0 Å². The smallest absolute Gasteiger partial charge is 0.224 e. The molecule has 2 aromatic rings. The summed E-state index contributed by atoms with van der Waals surface area (Å²) in [6.07, 6.45) is 3.68. The van der Waals surface area contributed by atoms with E-state index in [1.54, 1.807) is 6.26 Å². The first kappa shape index (κ1) is 16.8. The maximum Gasteiger partial charge on any atom is 0.224 e. The van der Waals surface area contributed by atoms with E-state index in [9.17, 15) is 4.79 Å². The number of fused-ring (bicyclic) bond motifs is 1. The van der Waals surface area contributed by atoms with Crippen LogP contribution in [0.5, 0.6) is 0 Å². The molecule has 25 heavy (non-hydrogen) atoms. The van der Waals surface area contributed by atoms with Gasteiger partial charge in [0.2, 0.25) is 5.91 Å². The van der Waals surface area contributed by atoms with E-state index in [-0.39, 0.29) is 17.9 Å². The van der Waals surface area contributed by atoms with Crippen LogP contribution in [0.15, 0.2) is 34.9 Å². The molecule has 0 aromatic carbocycles. The Morgan fingerprint density at radius 3 is 3.08 bits per heavy atom. The number of hydrogen-bond acceptors (Lipinski definition) is 5. The molecular formula is C19H24N2O3S. The fourth-order valence-corrected chi connectivity index (χ4v) is 4.84. The van der Waals surface area contributed by atoms with Crippen molar-refractivity contribution < 1.29 is 13.9 Å². The van der Waals surface area contributed by atoms with Crippen LogP contribution >= 0.6 is 11.3 Å². The molecule has 0 spiro atoms. The minimum absolute atomic E-state index is 0.0321. The third-order valence-electron chi connectivity index (χ3n) is 5.16. The number of amides is 1. The minimum Gasteiger partial charge on any atom is -0.467 e. The van der Waals surface area contributed by atoms with Crippen LogP contribution in [0.25, 0.3) is 0 Å². The Morgan fingerprint density at radius 2 is 2.32 bits per heavy atom. The highest BCUT2D eigenvalue weighted by Crippen LogP contribution is 2.33. The predicted octanol–water partition coefficient (Wildman–Crippen LogP) is 2.95. The molecule has 0 bridgehead atoms. The topological polar surface area (TPSA) is 54.7 Å². The number of piperidine rings is 1. The Balaban J connectivity index is 1.41. The van der Waals surface area contributed by atoms with Crippen LogP contribution < -0.4 is 5.32 Å². The van der Waals surface area contributed by atoms with Gasteiger partial charge in [-0.25, -0.2) is 0 Å². The molecule has 3 atom stereocenters. The molecule has 1 amide bonds. The number of nitrogens with one attached hydrogen (secondary N) is 1. The second-order valence-electron chi connectivity index (χ2n) is 6.94. The molecule has 134 valence electrons. The number of carbonyl (C=O) groups is 1. The number of furan rings is 1. The third kappa shape index (κ3) is 3.81. The number of rotatable bonds is 5. The van der Waals surface area contributed by atoms with E-state index in [1.165, 1.54) is 9.75 Å². The van der Waals surface area contributed by atoms with Gasteiger partial charge in [-0.1, -0.05) is 0 Å². The molecule has 0 radical (unpaired) electrons. The first-order valence-electron chi connectivity index (χ1n) is 8.90. The van der Waals surface area contributed by atoms with Gasteiger partial charge in [0.05, 0.1) is 24.8 Å². The van der Waals surface area contributed by atoms with E-state index in [0.717, 1.165) is 38.3 Å². The molecule has 4 heterocycles. The summed E-state index contributed by atoms with van der Waals surface area (Å²) in [5.74, 6) is 0.846. The van der Waals surface area contributed by atoms with E-state index in [0.29, 0.717) is 12.6 Å². The Kier molecular flexibility index (Phi) is 4.92. The summed E-state index contributed by atoms with van der Waals surface area (Å²) in [5, 5.41) is 3.01. The highest BCUT2D eigenvalue weighted by atomic mass is 32.1. The number of nitrogens with zero attached hydrogens (tertiary/aromatic N) is 1. The Hall–Kier alpha value is -1.63. The van der Waals surface area contributed by atoms with Crippen molar-refractivity contribution >= 4 is 17.2 Å². The van der Waals surface area contributed by atoms with Gasteiger partial charge < -0.3 is 14.5 Å². The van der Waals surface area contributed by atoms with Crippen LogP contribution in [0, 0.1) is 12.8 Å². The average molecular weight is 360 g/mol. The van der Waals surface area contributed by atoms with E-state index in [2.05, 4.69) is 29.3 Å². The van der Waals surface area contributed by atoms with Crippen LogP contribution in [0.1, 0.15) is 28.4 Å². The normalized spacial score (nSPS) is 26.5. The molecule has 0 unspecified atom stereocenters. The SMILES string of the molecule is Cc1ccc(CN2C[C@@H](C(=O)NCc3ccco3)C[C@H]3OCC[C@H]32)s1. The monoisotopic (exact) mass is 360 g/mol. The molecule has 1 N–H and O–H groups in total. The summed E-state index contributed by atoms with van der Waals surface area (Å²) in [6, 6.07) is 8.52. The van der Waals surface area contributed by atoms with E-state index in [4.69, 9.17) is 9.15 Å². The molecule has 2 aliphatic heterocycles. The van der Waals surface area contributed by atoms with Gasteiger partial charge in [0.1, 0.15) is 5.76 Å². The van der Waals surface area contributed by atoms with Crippen LogP contribution in [0.3, 0.4) is 0 Å². The van der Waals surface area contributed by atoms with Crippen molar-refractivity contribution in [2.24, 2.45) is 5.92 Å². The molecule has 6 heteroatoms. The van der Waals surface area contributed by atoms with Crippen molar-refractivity contribution in [2.75, 3.05) is 13.2 Å². The van der Waals surface area contributed by atoms with Crippen molar-refractivity contribution in [1.82, 2.24) is 10.2 Å². The number of hydrogen-bond donors (Lipinski definition) is 1. The Morgan fingerprint density at radius 1 is 1.40 bits per heavy atom. The fourth-order valence-electron chi connectivity index (χ4n) is 3.93. The van der Waals surface area contributed by atoms with Gasteiger partial charge in [0.15, 0.2) is 0 Å². The van der Waals surface area contributed by atoms with Gasteiger partial charge in [-0.05, 0) is 44.0 Å². The number of aryl methyl sites for hydroxylation is 1. The summed E-state index contributed by atoms with van der Waals surface area (Å²) in [5.41, 5.74) is 0. The summed E-state index contributed by atoms with van der Waals surface area (Å²) in [7, 11) is 0. The largest absolute Gasteiger partial charge is 0.467 e. The second kappa shape index (κ2) is 7.32. The lowest BCUT2D eigenvalue weighted by Gasteiger charge is -2.40. The standard InChI is InChI=1S/C19H24N2O3S/c1-13-4-5-16(25-13)12-21-11-14(9-18-17(21)6-8-24-18)19(22)20-10-15-3-2-7-23-15/h2-5,7,14,17-18H,6,8-12H2,1H3,(H,20,22)/t14-,17+,18+/m0/s1. The number of likely N-dealkylation sites (tertiary alicyclic amines) is 1. The van der Waals surface area contributed by atoms with Crippen LogP contribution in [0.4, 0.5) is 0 Å². The maximum absolute atomic E-state index is 12.7. The van der Waals surface area contributed by atoms with E-state index < -0.39 is 0 Å². The Labute approximate surface area is 152 Å². The van der Waals surface area contributed by atoms with Crippen molar-refractivity contribution in [3.8, 4) is 0 Å².